The monoisotopic (exact) mass is 240 g/mol. The van der Waals surface area contributed by atoms with Crippen molar-refractivity contribution < 1.29 is 19.4 Å². The molecule has 1 N–H and O–H groups in total. The highest BCUT2D eigenvalue weighted by Gasteiger charge is 2.27. The van der Waals surface area contributed by atoms with Crippen molar-refractivity contribution in [2.45, 2.75) is 32.0 Å². The van der Waals surface area contributed by atoms with Crippen LogP contribution in [0.3, 0.4) is 0 Å². The van der Waals surface area contributed by atoms with Crippen LogP contribution in [-0.2, 0) is 9.47 Å². The zero-order valence-corrected chi connectivity index (χ0v) is 9.70. The fourth-order valence-corrected chi connectivity index (χ4v) is 1.86. The Kier molecular flexibility index (Phi) is 3.75. The first kappa shape index (κ1) is 12.1. The van der Waals surface area contributed by atoms with Crippen LogP contribution in [0.15, 0.2) is 12.5 Å². The van der Waals surface area contributed by atoms with Gasteiger partial charge >= 0.3 is 6.09 Å². The van der Waals surface area contributed by atoms with Gasteiger partial charge in [-0.2, -0.15) is 0 Å². The molecule has 6 heteroatoms. The van der Waals surface area contributed by atoms with Crippen LogP contribution in [-0.4, -0.2) is 40.1 Å². The molecule has 1 aliphatic rings. The molecule has 0 saturated carbocycles. The molecule has 0 bridgehead atoms. The Labute approximate surface area is 99.2 Å². The van der Waals surface area contributed by atoms with Crippen LogP contribution >= 0.6 is 0 Å². The molecule has 1 aromatic rings. The number of rotatable bonds is 3. The summed E-state index contributed by atoms with van der Waals surface area (Å²) in [5, 5.41) is 8.97. The number of hydrogen-bond acceptors (Lipinski definition) is 5. The molecular formula is C11H16N2O4. The molecule has 0 radical (unpaired) electrons. The van der Waals surface area contributed by atoms with Crippen LogP contribution in [0.5, 0.6) is 0 Å². The van der Waals surface area contributed by atoms with Gasteiger partial charge in [-0.15, -0.1) is 0 Å². The van der Waals surface area contributed by atoms with E-state index in [0.717, 1.165) is 12.8 Å². The van der Waals surface area contributed by atoms with Gasteiger partial charge in [-0.1, -0.05) is 0 Å². The Morgan fingerprint density at radius 2 is 2.53 bits per heavy atom. The van der Waals surface area contributed by atoms with Crippen LogP contribution in [0.2, 0.25) is 0 Å². The first-order valence-electron chi connectivity index (χ1n) is 5.72. The van der Waals surface area contributed by atoms with Gasteiger partial charge in [0.15, 0.2) is 0 Å². The van der Waals surface area contributed by atoms with Gasteiger partial charge in [0.1, 0.15) is 12.4 Å². The van der Waals surface area contributed by atoms with Gasteiger partial charge in [0, 0.05) is 6.20 Å². The molecule has 94 valence electrons. The average Bonchev–Trinajstić information content (AvgIpc) is 2.98. The number of aliphatic hydroxyl groups excluding tert-OH is 1. The number of imidazole rings is 1. The van der Waals surface area contributed by atoms with Crippen LogP contribution in [0.4, 0.5) is 4.79 Å². The Bertz CT molecular complexity index is 391. The number of carbonyl (C=O) groups is 1. The standard InChI is InChI=1S/C11H16N2O4/c1-2-16-11(15)13-5-9(12-7-13)10-4-3-8(6-14)17-10/h5,7-8,10,14H,2-4,6H2,1H3/t8-,10-/m0/s1. The molecule has 2 rings (SSSR count). The van der Waals surface area contributed by atoms with Crippen LogP contribution in [0.1, 0.15) is 31.6 Å². The summed E-state index contributed by atoms with van der Waals surface area (Å²) in [5.74, 6) is 0. The van der Waals surface area contributed by atoms with Crippen molar-refractivity contribution in [1.29, 1.82) is 0 Å². The number of carbonyl (C=O) groups excluding carboxylic acids is 1. The predicted octanol–water partition coefficient (Wildman–Crippen LogP) is 1.10. The second-order valence-electron chi connectivity index (χ2n) is 3.91. The molecule has 0 spiro atoms. The highest BCUT2D eigenvalue weighted by atomic mass is 16.5. The fraction of sp³-hybridized carbons (Fsp3) is 0.636. The van der Waals surface area contributed by atoms with Crippen molar-refractivity contribution in [2.24, 2.45) is 0 Å². The third kappa shape index (κ3) is 2.65. The maximum absolute atomic E-state index is 11.4. The van der Waals surface area contributed by atoms with E-state index in [4.69, 9.17) is 14.6 Å². The van der Waals surface area contributed by atoms with E-state index in [1.54, 1.807) is 13.1 Å². The van der Waals surface area contributed by atoms with Crippen molar-refractivity contribution in [2.75, 3.05) is 13.2 Å². The van der Waals surface area contributed by atoms with Crippen LogP contribution < -0.4 is 0 Å². The molecule has 1 aromatic heterocycles. The lowest BCUT2D eigenvalue weighted by Crippen LogP contribution is -2.12. The van der Waals surface area contributed by atoms with Gasteiger partial charge in [0.25, 0.3) is 0 Å². The quantitative estimate of drug-likeness (QED) is 0.856. The third-order valence-corrected chi connectivity index (χ3v) is 2.72. The number of nitrogens with zero attached hydrogens (tertiary/aromatic N) is 2. The third-order valence-electron chi connectivity index (χ3n) is 2.72. The molecular weight excluding hydrogens is 224 g/mol. The van der Waals surface area contributed by atoms with E-state index in [2.05, 4.69) is 4.98 Å². The first-order chi connectivity index (χ1) is 8.24. The fourth-order valence-electron chi connectivity index (χ4n) is 1.86. The summed E-state index contributed by atoms with van der Waals surface area (Å²) < 4.78 is 11.7. The minimum atomic E-state index is -0.442. The van der Waals surface area contributed by atoms with E-state index < -0.39 is 6.09 Å². The average molecular weight is 240 g/mol. The zero-order chi connectivity index (χ0) is 12.3. The molecule has 0 unspecified atom stereocenters. The lowest BCUT2D eigenvalue weighted by molar-refractivity contribution is 0.00936. The highest BCUT2D eigenvalue weighted by molar-refractivity contribution is 5.70. The van der Waals surface area contributed by atoms with Crippen molar-refractivity contribution in [3.8, 4) is 0 Å². The Morgan fingerprint density at radius 1 is 1.71 bits per heavy atom. The molecule has 17 heavy (non-hydrogen) atoms. The van der Waals surface area contributed by atoms with Crippen molar-refractivity contribution in [1.82, 2.24) is 9.55 Å². The number of hydrogen-bond donors (Lipinski definition) is 1. The molecule has 2 atom stereocenters. The molecule has 0 aromatic carbocycles. The molecule has 2 heterocycles. The summed E-state index contributed by atoms with van der Waals surface area (Å²) in [7, 11) is 0. The van der Waals surface area contributed by atoms with Gasteiger partial charge < -0.3 is 14.6 Å². The summed E-state index contributed by atoms with van der Waals surface area (Å²) >= 11 is 0. The van der Waals surface area contributed by atoms with Crippen LogP contribution in [0.25, 0.3) is 0 Å². The van der Waals surface area contributed by atoms with E-state index >= 15 is 0 Å². The second-order valence-corrected chi connectivity index (χ2v) is 3.91. The van der Waals surface area contributed by atoms with E-state index in [0.29, 0.717) is 12.3 Å². The Balaban J connectivity index is 2.01. The number of ether oxygens (including phenoxy) is 2. The molecule has 1 saturated heterocycles. The maximum Gasteiger partial charge on any atom is 0.419 e. The number of aromatic nitrogens is 2. The van der Waals surface area contributed by atoms with E-state index in [1.165, 1.54) is 10.9 Å². The summed E-state index contributed by atoms with van der Waals surface area (Å²) in [6.07, 6.45) is 3.96. The normalized spacial score (nSPS) is 23.9. The molecule has 1 aliphatic heterocycles. The van der Waals surface area contributed by atoms with E-state index in [-0.39, 0.29) is 18.8 Å². The van der Waals surface area contributed by atoms with Gasteiger partial charge in [-0.3, -0.25) is 0 Å². The largest absolute Gasteiger partial charge is 0.449 e. The molecule has 6 nitrogen and oxygen atoms in total. The lowest BCUT2D eigenvalue weighted by Gasteiger charge is -2.08. The highest BCUT2D eigenvalue weighted by Crippen LogP contribution is 2.31. The predicted molar refractivity (Wildman–Crippen MR) is 58.6 cm³/mol. The van der Waals surface area contributed by atoms with Crippen molar-refractivity contribution in [3.05, 3.63) is 18.2 Å². The Hall–Kier alpha value is -1.40. The first-order valence-corrected chi connectivity index (χ1v) is 5.72. The summed E-state index contributed by atoms with van der Waals surface area (Å²) in [5.41, 5.74) is 0.703. The number of aliphatic hydroxyl groups is 1. The zero-order valence-electron chi connectivity index (χ0n) is 9.70. The maximum atomic E-state index is 11.4. The topological polar surface area (TPSA) is 73.6 Å². The van der Waals surface area contributed by atoms with Gasteiger partial charge in [-0.25, -0.2) is 14.3 Å². The molecule has 0 amide bonds. The van der Waals surface area contributed by atoms with Gasteiger partial charge in [0.2, 0.25) is 0 Å². The van der Waals surface area contributed by atoms with Crippen molar-refractivity contribution in [3.63, 3.8) is 0 Å². The van der Waals surface area contributed by atoms with Crippen LogP contribution in [0, 0.1) is 0 Å². The van der Waals surface area contributed by atoms with Gasteiger partial charge in [-0.05, 0) is 19.8 Å². The minimum absolute atomic E-state index is 0.0229. The SMILES string of the molecule is CCOC(=O)n1cnc([C@@H]2CC[C@@H](CO)O2)c1. The summed E-state index contributed by atoms with van der Waals surface area (Å²) in [6, 6.07) is 0. The summed E-state index contributed by atoms with van der Waals surface area (Å²) in [4.78, 5) is 15.5. The van der Waals surface area contributed by atoms with Gasteiger partial charge in [0.05, 0.1) is 25.0 Å². The molecule has 1 fully saturated rings. The summed E-state index contributed by atoms with van der Waals surface area (Å²) in [6.45, 7) is 2.11. The van der Waals surface area contributed by atoms with Crippen molar-refractivity contribution >= 4 is 6.09 Å². The lowest BCUT2D eigenvalue weighted by atomic mass is 10.1. The minimum Gasteiger partial charge on any atom is -0.449 e. The van der Waals surface area contributed by atoms with E-state index in [1.807, 2.05) is 0 Å². The molecule has 0 aliphatic carbocycles. The van der Waals surface area contributed by atoms with E-state index in [9.17, 15) is 4.79 Å². The Morgan fingerprint density at radius 3 is 3.18 bits per heavy atom. The smallest absolute Gasteiger partial charge is 0.419 e. The second kappa shape index (κ2) is 5.29.